The topological polar surface area (TPSA) is 76.1 Å². The van der Waals surface area contributed by atoms with Gasteiger partial charge in [0.15, 0.2) is 6.61 Å². The van der Waals surface area contributed by atoms with Crippen molar-refractivity contribution in [2.24, 2.45) is 0 Å². The highest BCUT2D eigenvalue weighted by atomic mass is 16.5. The number of carboxylic acid groups (broad SMARTS) is 1. The lowest BCUT2D eigenvalue weighted by Gasteiger charge is -2.21. The zero-order valence-electron chi connectivity index (χ0n) is 14.3. The highest BCUT2D eigenvalue weighted by Gasteiger charge is 2.15. The summed E-state index contributed by atoms with van der Waals surface area (Å²) in [7, 11) is 1.61. The van der Waals surface area contributed by atoms with Gasteiger partial charge in [-0.15, -0.1) is 0 Å². The first-order valence-corrected chi connectivity index (χ1v) is 7.90. The number of ether oxygens (including phenoxy) is 2. The first-order valence-electron chi connectivity index (χ1n) is 7.90. The maximum absolute atomic E-state index is 12.7. The van der Waals surface area contributed by atoms with Gasteiger partial charge in [-0.3, -0.25) is 4.79 Å². The third kappa shape index (κ3) is 5.24. The number of hydrogen-bond acceptors (Lipinski definition) is 4. The lowest BCUT2D eigenvalue weighted by Crippen LogP contribution is -2.30. The molecule has 1 amide bonds. The van der Waals surface area contributed by atoms with Crippen LogP contribution in [0.15, 0.2) is 48.5 Å². The van der Waals surface area contributed by atoms with Crippen molar-refractivity contribution in [3.63, 3.8) is 0 Å². The van der Waals surface area contributed by atoms with Crippen LogP contribution in [-0.2, 0) is 11.3 Å². The van der Waals surface area contributed by atoms with Crippen LogP contribution in [-0.4, -0.2) is 42.1 Å². The molecule has 2 aromatic rings. The van der Waals surface area contributed by atoms with Crippen LogP contribution in [0.4, 0.5) is 0 Å². The predicted molar refractivity (Wildman–Crippen MR) is 93.0 cm³/mol. The molecule has 0 aromatic heterocycles. The second-order valence-electron chi connectivity index (χ2n) is 5.38. The molecule has 0 saturated carbocycles. The number of nitrogens with zero attached hydrogens (tertiary/aromatic N) is 1. The Morgan fingerprint density at radius 3 is 2.40 bits per heavy atom. The van der Waals surface area contributed by atoms with Crippen molar-refractivity contribution in [3.8, 4) is 11.5 Å². The van der Waals surface area contributed by atoms with E-state index in [0.29, 0.717) is 24.4 Å². The van der Waals surface area contributed by atoms with Crippen LogP contribution in [0.3, 0.4) is 0 Å². The minimum atomic E-state index is -1.06. The van der Waals surface area contributed by atoms with Gasteiger partial charge in [-0.2, -0.15) is 0 Å². The summed E-state index contributed by atoms with van der Waals surface area (Å²) in [5.41, 5.74) is 1.45. The Bertz CT molecular complexity index is 727. The van der Waals surface area contributed by atoms with Crippen molar-refractivity contribution in [1.82, 2.24) is 4.90 Å². The van der Waals surface area contributed by atoms with E-state index in [-0.39, 0.29) is 5.91 Å². The molecule has 0 heterocycles. The smallest absolute Gasteiger partial charge is 0.341 e. The quantitative estimate of drug-likeness (QED) is 0.798. The van der Waals surface area contributed by atoms with Crippen LogP contribution in [0.1, 0.15) is 22.8 Å². The summed E-state index contributed by atoms with van der Waals surface area (Å²) < 4.78 is 10.3. The van der Waals surface area contributed by atoms with E-state index in [2.05, 4.69) is 0 Å². The summed E-state index contributed by atoms with van der Waals surface area (Å²) in [6, 6.07) is 14.1. The molecular formula is C19H21NO5. The van der Waals surface area contributed by atoms with E-state index in [9.17, 15) is 9.59 Å². The van der Waals surface area contributed by atoms with E-state index < -0.39 is 12.6 Å². The van der Waals surface area contributed by atoms with Gasteiger partial charge in [-0.1, -0.05) is 18.2 Å². The fourth-order valence-corrected chi connectivity index (χ4v) is 2.33. The Balaban J connectivity index is 2.10. The molecule has 6 nitrogen and oxygen atoms in total. The fraction of sp³-hybridized carbons (Fsp3) is 0.263. The molecule has 0 aliphatic rings. The molecule has 6 heteroatoms. The molecular weight excluding hydrogens is 322 g/mol. The zero-order valence-corrected chi connectivity index (χ0v) is 14.3. The Labute approximate surface area is 146 Å². The Morgan fingerprint density at radius 2 is 1.80 bits per heavy atom. The molecule has 0 fully saturated rings. The molecule has 132 valence electrons. The molecule has 25 heavy (non-hydrogen) atoms. The van der Waals surface area contributed by atoms with Crippen molar-refractivity contribution in [2.75, 3.05) is 20.3 Å². The highest BCUT2D eigenvalue weighted by molar-refractivity contribution is 5.94. The van der Waals surface area contributed by atoms with Crippen molar-refractivity contribution < 1.29 is 24.2 Å². The molecule has 0 aliphatic carbocycles. The van der Waals surface area contributed by atoms with E-state index in [1.54, 1.807) is 36.3 Å². The summed E-state index contributed by atoms with van der Waals surface area (Å²) in [6.45, 7) is 2.48. The van der Waals surface area contributed by atoms with Gasteiger partial charge in [0.1, 0.15) is 11.5 Å². The van der Waals surface area contributed by atoms with Crippen LogP contribution in [0.2, 0.25) is 0 Å². The van der Waals surface area contributed by atoms with Crippen LogP contribution in [0.5, 0.6) is 11.5 Å². The van der Waals surface area contributed by atoms with Gasteiger partial charge in [0.2, 0.25) is 0 Å². The minimum absolute atomic E-state index is 0.140. The average Bonchev–Trinajstić information content (AvgIpc) is 2.64. The first kappa shape index (κ1) is 18.3. The minimum Gasteiger partial charge on any atom is -0.497 e. The standard InChI is InChI=1S/C19H21NO5/c1-3-20(12-14-7-9-16(24-2)10-8-14)19(23)15-5-4-6-17(11-15)25-13-18(21)22/h4-11H,3,12-13H2,1-2H3,(H,21,22). The summed E-state index contributed by atoms with van der Waals surface area (Å²) in [5, 5.41) is 8.67. The Morgan fingerprint density at radius 1 is 1.08 bits per heavy atom. The Kier molecular flexibility index (Phi) is 6.39. The number of methoxy groups -OCH3 is 1. The van der Waals surface area contributed by atoms with Crippen molar-refractivity contribution >= 4 is 11.9 Å². The molecule has 2 aromatic carbocycles. The maximum atomic E-state index is 12.7. The number of amides is 1. The van der Waals surface area contributed by atoms with Crippen LogP contribution in [0.25, 0.3) is 0 Å². The number of carboxylic acids is 1. The average molecular weight is 343 g/mol. The number of rotatable bonds is 8. The van der Waals surface area contributed by atoms with E-state index in [1.807, 2.05) is 31.2 Å². The van der Waals surface area contributed by atoms with Gasteiger partial charge >= 0.3 is 5.97 Å². The van der Waals surface area contributed by atoms with Gasteiger partial charge < -0.3 is 19.5 Å². The first-order chi connectivity index (χ1) is 12.0. The summed E-state index contributed by atoms with van der Waals surface area (Å²) >= 11 is 0. The van der Waals surface area contributed by atoms with Gasteiger partial charge in [0, 0.05) is 18.7 Å². The summed E-state index contributed by atoms with van der Waals surface area (Å²) in [4.78, 5) is 25.0. The Hall–Kier alpha value is -3.02. The molecule has 0 atom stereocenters. The SMILES string of the molecule is CCN(Cc1ccc(OC)cc1)C(=O)c1cccc(OCC(=O)O)c1. The van der Waals surface area contributed by atoms with Gasteiger partial charge in [0.05, 0.1) is 7.11 Å². The highest BCUT2D eigenvalue weighted by Crippen LogP contribution is 2.17. The van der Waals surface area contributed by atoms with Crippen LogP contribution in [0, 0.1) is 0 Å². The number of benzene rings is 2. The zero-order chi connectivity index (χ0) is 18.2. The molecule has 0 radical (unpaired) electrons. The number of carbonyl (C=O) groups is 2. The van der Waals surface area contributed by atoms with Crippen LogP contribution < -0.4 is 9.47 Å². The third-order valence-corrected chi connectivity index (χ3v) is 3.64. The monoisotopic (exact) mass is 343 g/mol. The van der Waals surface area contributed by atoms with E-state index >= 15 is 0 Å². The van der Waals surface area contributed by atoms with Gasteiger partial charge in [-0.05, 0) is 42.8 Å². The molecule has 0 saturated heterocycles. The second-order valence-corrected chi connectivity index (χ2v) is 5.38. The predicted octanol–water partition coefficient (Wildman–Crippen LogP) is 2.82. The van der Waals surface area contributed by atoms with Crippen LogP contribution >= 0.6 is 0 Å². The number of carbonyl (C=O) groups excluding carboxylic acids is 1. The molecule has 0 aliphatic heterocycles. The largest absolute Gasteiger partial charge is 0.497 e. The number of hydrogen-bond donors (Lipinski definition) is 1. The fourth-order valence-electron chi connectivity index (χ4n) is 2.33. The van der Waals surface area contributed by atoms with Crippen molar-refractivity contribution in [1.29, 1.82) is 0 Å². The third-order valence-electron chi connectivity index (χ3n) is 3.64. The van der Waals surface area contributed by atoms with Crippen molar-refractivity contribution in [3.05, 3.63) is 59.7 Å². The second kappa shape index (κ2) is 8.73. The van der Waals surface area contributed by atoms with E-state index in [0.717, 1.165) is 11.3 Å². The van der Waals surface area contributed by atoms with Gasteiger partial charge in [0.25, 0.3) is 5.91 Å². The number of aliphatic carboxylic acids is 1. The molecule has 0 spiro atoms. The molecule has 0 bridgehead atoms. The normalized spacial score (nSPS) is 10.2. The molecule has 1 N–H and O–H groups in total. The summed E-state index contributed by atoms with van der Waals surface area (Å²) in [6.07, 6.45) is 0. The van der Waals surface area contributed by atoms with Gasteiger partial charge in [-0.25, -0.2) is 4.79 Å². The maximum Gasteiger partial charge on any atom is 0.341 e. The van der Waals surface area contributed by atoms with E-state index in [4.69, 9.17) is 14.6 Å². The lowest BCUT2D eigenvalue weighted by molar-refractivity contribution is -0.139. The molecule has 2 rings (SSSR count). The van der Waals surface area contributed by atoms with Crippen molar-refractivity contribution in [2.45, 2.75) is 13.5 Å². The van der Waals surface area contributed by atoms with E-state index in [1.165, 1.54) is 0 Å². The lowest BCUT2D eigenvalue weighted by atomic mass is 10.1. The summed E-state index contributed by atoms with van der Waals surface area (Å²) in [5.74, 6) is -0.0827. The molecule has 0 unspecified atom stereocenters.